The third kappa shape index (κ3) is 5.23. The van der Waals surface area contributed by atoms with Crippen LogP contribution in [0.5, 0.6) is 5.75 Å². The van der Waals surface area contributed by atoms with Crippen LogP contribution < -0.4 is 15.2 Å². The number of nitrogens with two attached hydrogens (primary N) is 1. The Hall–Kier alpha value is -2.82. The van der Waals surface area contributed by atoms with Gasteiger partial charge in [-0.1, -0.05) is 18.2 Å². The lowest BCUT2D eigenvalue weighted by Crippen LogP contribution is -2.37. The number of aryl methyl sites for hydroxylation is 1. The average molecular weight is 492 g/mol. The standard InChI is InChI=1S/C23H23F2N3O3S2/c1-14-9-22(33(29,30)28-23-12-32-13-27-23)19(25)10-21(14)31-11-18-17(3-2-4-20(18)26)15-5-7-16(24)8-6-15/h3,5-10,12-13,18,20,28H,2,4,11,26H2,1H3. The number of ether oxygens (including phenoxy) is 1. The summed E-state index contributed by atoms with van der Waals surface area (Å²) in [5.74, 6) is -1.07. The Morgan fingerprint density at radius 2 is 2.00 bits per heavy atom. The van der Waals surface area contributed by atoms with E-state index in [0.717, 1.165) is 30.0 Å². The van der Waals surface area contributed by atoms with Crippen LogP contribution in [0.4, 0.5) is 14.6 Å². The number of rotatable bonds is 7. The summed E-state index contributed by atoms with van der Waals surface area (Å²) in [7, 11) is -4.14. The highest BCUT2D eigenvalue weighted by Gasteiger charge is 2.28. The molecule has 0 saturated carbocycles. The zero-order chi connectivity index (χ0) is 23.6. The van der Waals surface area contributed by atoms with Crippen LogP contribution >= 0.6 is 11.3 Å². The van der Waals surface area contributed by atoms with Crippen LogP contribution in [0.15, 0.2) is 58.3 Å². The number of nitrogens with zero attached hydrogens (tertiary/aromatic N) is 1. The van der Waals surface area contributed by atoms with E-state index in [1.165, 1.54) is 40.4 Å². The van der Waals surface area contributed by atoms with Crippen LogP contribution in [-0.2, 0) is 10.0 Å². The Balaban J connectivity index is 1.54. The van der Waals surface area contributed by atoms with E-state index in [-0.39, 0.29) is 36.0 Å². The molecule has 0 aliphatic heterocycles. The molecule has 0 spiro atoms. The number of hydrogen-bond acceptors (Lipinski definition) is 6. The van der Waals surface area contributed by atoms with Gasteiger partial charge in [-0.15, -0.1) is 11.3 Å². The highest BCUT2D eigenvalue weighted by atomic mass is 32.2. The molecule has 0 fully saturated rings. The van der Waals surface area contributed by atoms with Crippen LogP contribution in [0.2, 0.25) is 0 Å². The number of thiazole rings is 1. The quantitative estimate of drug-likeness (QED) is 0.498. The van der Waals surface area contributed by atoms with Crippen LogP contribution in [0, 0.1) is 24.5 Å². The zero-order valence-electron chi connectivity index (χ0n) is 17.8. The SMILES string of the molecule is Cc1cc(S(=O)(=O)Nc2cscn2)c(F)cc1OCC1C(c2ccc(F)cc2)=CCCC1N. The van der Waals surface area contributed by atoms with Crippen molar-refractivity contribution < 1.29 is 21.9 Å². The van der Waals surface area contributed by atoms with E-state index in [2.05, 4.69) is 15.8 Å². The number of anilines is 1. The molecule has 0 bridgehead atoms. The van der Waals surface area contributed by atoms with Gasteiger partial charge in [0.25, 0.3) is 10.0 Å². The lowest BCUT2D eigenvalue weighted by atomic mass is 9.81. The molecule has 0 radical (unpaired) electrons. The van der Waals surface area contributed by atoms with Gasteiger partial charge in [-0.25, -0.2) is 22.2 Å². The van der Waals surface area contributed by atoms with Gasteiger partial charge in [0.05, 0.1) is 12.1 Å². The first-order valence-corrected chi connectivity index (χ1v) is 12.7. The first kappa shape index (κ1) is 23.3. The molecule has 1 aliphatic rings. The molecule has 0 saturated heterocycles. The first-order valence-electron chi connectivity index (χ1n) is 10.3. The van der Waals surface area contributed by atoms with Gasteiger partial charge in [0, 0.05) is 23.4 Å². The maximum absolute atomic E-state index is 14.8. The summed E-state index contributed by atoms with van der Waals surface area (Å²) in [6.45, 7) is 1.82. The average Bonchev–Trinajstić information content (AvgIpc) is 3.27. The van der Waals surface area contributed by atoms with Gasteiger partial charge in [0.2, 0.25) is 0 Å². The van der Waals surface area contributed by atoms with Crippen molar-refractivity contribution in [2.75, 3.05) is 11.3 Å². The smallest absolute Gasteiger partial charge is 0.266 e. The van der Waals surface area contributed by atoms with Gasteiger partial charge in [-0.2, -0.15) is 0 Å². The van der Waals surface area contributed by atoms with Crippen molar-refractivity contribution in [2.24, 2.45) is 11.7 Å². The van der Waals surface area contributed by atoms with Gasteiger partial charge in [0.15, 0.2) is 5.82 Å². The van der Waals surface area contributed by atoms with E-state index < -0.39 is 20.7 Å². The third-order valence-electron chi connectivity index (χ3n) is 5.57. The fourth-order valence-electron chi connectivity index (χ4n) is 3.84. The Morgan fingerprint density at radius 1 is 1.24 bits per heavy atom. The molecule has 1 aromatic heterocycles. The number of sulfonamides is 1. The van der Waals surface area contributed by atoms with E-state index in [1.54, 1.807) is 19.1 Å². The lowest BCUT2D eigenvalue weighted by molar-refractivity contribution is 0.250. The molecule has 6 nitrogen and oxygen atoms in total. The van der Waals surface area contributed by atoms with Crippen LogP contribution in [0.1, 0.15) is 24.0 Å². The number of allylic oxidation sites excluding steroid dienone is 1. The van der Waals surface area contributed by atoms with Gasteiger partial charge in [0.1, 0.15) is 22.3 Å². The summed E-state index contributed by atoms with van der Waals surface area (Å²) < 4.78 is 61.5. The highest BCUT2D eigenvalue weighted by molar-refractivity contribution is 7.92. The molecule has 2 aromatic carbocycles. The molecule has 33 heavy (non-hydrogen) atoms. The van der Waals surface area contributed by atoms with E-state index in [9.17, 15) is 17.2 Å². The van der Waals surface area contributed by atoms with Crippen LogP contribution in [0.3, 0.4) is 0 Å². The molecule has 3 aromatic rings. The van der Waals surface area contributed by atoms with E-state index in [1.807, 2.05) is 0 Å². The fourth-order valence-corrected chi connectivity index (χ4v) is 5.54. The minimum absolute atomic E-state index is 0.128. The number of hydrogen-bond donors (Lipinski definition) is 2. The Bertz CT molecular complexity index is 1260. The summed E-state index contributed by atoms with van der Waals surface area (Å²) >= 11 is 1.22. The summed E-state index contributed by atoms with van der Waals surface area (Å²) in [6, 6.07) is 8.32. The number of aromatic nitrogens is 1. The van der Waals surface area contributed by atoms with Gasteiger partial charge < -0.3 is 10.5 Å². The summed E-state index contributed by atoms with van der Waals surface area (Å²) in [4.78, 5) is 3.38. The molecule has 2 atom stereocenters. The minimum atomic E-state index is -4.14. The number of halogens is 2. The second-order valence-electron chi connectivity index (χ2n) is 7.85. The molecule has 1 aliphatic carbocycles. The van der Waals surface area contributed by atoms with Crippen LogP contribution in [-0.4, -0.2) is 26.1 Å². The number of nitrogens with one attached hydrogen (secondary N) is 1. The predicted molar refractivity (Wildman–Crippen MR) is 125 cm³/mol. The summed E-state index contributed by atoms with van der Waals surface area (Å²) in [5.41, 5.74) is 10.1. The largest absolute Gasteiger partial charge is 0.493 e. The molecule has 1 heterocycles. The Morgan fingerprint density at radius 3 is 2.70 bits per heavy atom. The maximum Gasteiger partial charge on any atom is 0.266 e. The molecule has 4 rings (SSSR count). The lowest BCUT2D eigenvalue weighted by Gasteiger charge is -2.30. The van der Waals surface area contributed by atoms with Crippen molar-refractivity contribution >= 4 is 32.8 Å². The third-order valence-corrected chi connectivity index (χ3v) is 7.52. The molecule has 2 unspecified atom stereocenters. The Kier molecular flexibility index (Phi) is 6.78. The molecular formula is C23H23F2N3O3S2. The first-order chi connectivity index (χ1) is 15.7. The maximum atomic E-state index is 14.8. The molecule has 174 valence electrons. The van der Waals surface area contributed by atoms with Gasteiger partial charge >= 0.3 is 0 Å². The van der Waals surface area contributed by atoms with Gasteiger partial charge in [-0.05, 0) is 54.7 Å². The second kappa shape index (κ2) is 9.58. The molecular weight excluding hydrogens is 468 g/mol. The predicted octanol–water partition coefficient (Wildman–Crippen LogP) is 4.73. The van der Waals surface area contributed by atoms with Crippen molar-refractivity contribution in [3.8, 4) is 5.75 Å². The monoisotopic (exact) mass is 491 g/mol. The highest BCUT2D eigenvalue weighted by Crippen LogP contribution is 2.34. The summed E-state index contributed by atoms with van der Waals surface area (Å²) in [6.07, 6.45) is 3.64. The van der Waals surface area contributed by atoms with Crippen molar-refractivity contribution in [3.63, 3.8) is 0 Å². The molecule has 0 amide bonds. The van der Waals surface area contributed by atoms with Crippen molar-refractivity contribution in [1.29, 1.82) is 0 Å². The van der Waals surface area contributed by atoms with Gasteiger partial charge in [-0.3, -0.25) is 4.72 Å². The molecule has 10 heteroatoms. The summed E-state index contributed by atoms with van der Waals surface area (Å²) in [5, 5.41) is 1.51. The van der Waals surface area contributed by atoms with Crippen molar-refractivity contribution in [2.45, 2.75) is 30.7 Å². The van der Waals surface area contributed by atoms with Crippen LogP contribution in [0.25, 0.3) is 5.57 Å². The second-order valence-corrected chi connectivity index (χ2v) is 10.2. The fraction of sp³-hybridized carbons (Fsp3) is 0.261. The van der Waals surface area contributed by atoms with E-state index in [4.69, 9.17) is 10.5 Å². The van der Waals surface area contributed by atoms with E-state index >= 15 is 0 Å². The number of benzene rings is 2. The normalized spacial score (nSPS) is 18.6. The Labute approximate surface area is 195 Å². The molecule has 3 N–H and O–H groups in total. The van der Waals surface area contributed by atoms with E-state index in [0.29, 0.717) is 5.56 Å². The minimum Gasteiger partial charge on any atom is -0.493 e. The zero-order valence-corrected chi connectivity index (χ0v) is 19.4. The van der Waals surface area contributed by atoms with Crippen molar-refractivity contribution in [1.82, 2.24) is 4.98 Å². The topological polar surface area (TPSA) is 94.3 Å². The van der Waals surface area contributed by atoms with Crippen molar-refractivity contribution in [3.05, 3.63) is 76.1 Å².